The number of methoxy groups -OCH3 is 2. The smallest absolute Gasteiger partial charge is 0.407 e. The van der Waals surface area contributed by atoms with E-state index in [-0.39, 0.29) is 56.4 Å². The number of aromatic amines is 1. The maximum Gasteiger partial charge on any atom is 0.407 e. The van der Waals surface area contributed by atoms with Crippen molar-refractivity contribution in [1.82, 2.24) is 24.4 Å². The van der Waals surface area contributed by atoms with E-state index in [0.717, 1.165) is 38.9 Å². The van der Waals surface area contributed by atoms with Crippen LogP contribution in [0.25, 0.3) is 11.1 Å². The number of hydrogen-bond acceptors (Lipinski definition) is 13. The number of amides is 2. The number of nitrogens with one attached hydrogen (secondary N) is 2. The lowest BCUT2D eigenvalue weighted by Gasteiger charge is -2.42. The highest BCUT2D eigenvalue weighted by molar-refractivity contribution is 7.44. The van der Waals surface area contributed by atoms with Crippen molar-refractivity contribution in [3.05, 3.63) is 188 Å². The van der Waals surface area contributed by atoms with Crippen LogP contribution in [-0.2, 0) is 33.7 Å². The van der Waals surface area contributed by atoms with Gasteiger partial charge in [-0.1, -0.05) is 103 Å². The van der Waals surface area contributed by atoms with Gasteiger partial charge in [-0.15, -0.1) is 0 Å². The molecular formula is C58H63N6O11P. The Bertz CT molecular complexity index is 3080. The minimum absolute atomic E-state index is 0.0320. The van der Waals surface area contributed by atoms with Crippen molar-refractivity contribution < 1.29 is 42.3 Å². The normalized spacial score (nSPS) is 19.1. The average molecular weight is 1050 g/mol. The van der Waals surface area contributed by atoms with Gasteiger partial charge in [0.25, 0.3) is 14.1 Å². The number of carbonyl (C=O) groups excluding carboxylic acids is 2. The first-order valence-electron chi connectivity index (χ1n) is 25.3. The van der Waals surface area contributed by atoms with Gasteiger partial charge in [-0.3, -0.25) is 19.1 Å². The van der Waals surface area contributed by atoms with E-state index >= 15 is 4.79 Å². The summed E-state index contributed by atoms with van der Waals surface area (Å²) in [5.41, 5.74) is 2.34. The fraction of sp³-hybridized carbons (Fsp3) is 0.362. The van der Waals surface area contributed by atoms with Gasteiger partial charge >= 0.3 is 11.8 Å². The number of ether oxygens (including phenoxy) is 5. The van der Waals surface area contributed by atoms with Gasteiger partial charge in [0.2, 0.25) is 5.91 Å². The van der Waals surface area contributed by atoms with Crippen LogP contribution in [0.15, 0.2) is 143 Å². The standard InChI is InChI=1S/C58H63N6O11P/c1-37(2)64(38(3)4)76(73-31-15-30-59)75-52-51-54(62-33-39(5)53(66)61-55(62)67)74-57(52,35-63(51)50(65)32-60-56(68)71-34-49-47-20-13-11-18-45(47)46-19-12-14-21-48(46)49)36-72-58(40-16-9-8-10-17-40,41-22-26-43(69-6)27-23-41)42-24-28-44(70-7)29-25-42/h8-14,16-29,33,37-38,49,51-52,54H,15,31-32,34-36H2,1-7H3,(H,60,68)(H,61,66,67)/t51-,52+,54-,57-,76?/m1/s1. The van der Waals surface area contributed by atoms with E-state index in [4.69, 9.17) is 32.7 Å². The van der Waals surface area contributed by atoms with Crippen LogP contribution in [-0.4, -0.2) is 108 Å². The molecule has 76 heavy (non-hydrogen) atoms. The van der Waals surface area contributed by atoms with Crippen molar-refractivity contribution in [1.29, 1.82) is 5.26 Å². The van der Waals surface area contributed by atoms with E-state index in [1.807, 2.05) is 143 Å². The molecule has 5 atom stereocenters. The SMILES string of the molecule is COc1ccc(C(OC[C@@]23CN(C(=O)CNC(=O)OCC4c5ccccc5-c5ccccc54)[C@@H]([C@H](n4cc(C)c(=O)[nH]c4=O)O2)[C@@H]3OP(OCCC#N)N(C(C)C)C(C)C)(c2ccccc2)c2ccc(OC)cc2)cc1. The van der Waals surface area contributed by atoms with Crippen molar-refractivity contribution in [3.63, 3.8) is 0 Å². The summed E-state index contributed by atoms with van der Waals surface area (Å²) >= 11 is 0. The number of H-pyrrole nitrogens is 1. The Morgan fingerprint density at radius 2 is 1.41 bits per heavy atom. The summed E-state index contributed by atoms with van der Waals surface area (Å²) in [5, 5.41) is 12.4. The first-order valence-corrected chi connectivity index (χ1v) is 26.5. The van der Waals surface area contributed by atoms with Crippen LogP contribution in [0, 0.1) is 18.3 Å². The van der Waals surface area contributed by atoms with Gasteiger partial charge in [0.15, 0.2) is 6.23 Å². The van der Waals surface area contributed by atoms with Crippen molar-refractivity contribution in [3.8, 4) is 28.7 Å². The maximum atomic E-state index is 15.1. The predicted octanol–water partition coefficient (Wildman–Crippen LogP) is 8.55. The predicted molar refractivity (Wildman–Crippen MR) is 286 cm³/mol. The Balaban J connectivity index is 1.13. The van der Waals surface area contributed by atoms with Gasteiger partial charge in [0.05, 0.1) is 46.5 Å². The molecule has 0 saturated carbocycles. The number of nitrogens with zero attached hydrogens (tertiary/aromatic N) is 4. The Kier molecular flexibility index (Phi) is 16.2. The Hall–Kier alpha value is -7.16. The lowest BCUT2D eigenvalue weighted by atomic mass is 9.79. The minimum atomic E-state index is -2.02. The van der Waals surface area contributed by atoms with E-state index < -0.39 is 67.9 Å². The molecule has 2 bridgehead atoms. The fourth-order valence-corrected chi connectivity index (χ4v) is 12.7. The molecule has 3 heterocycles. The lowest BCUT2D eigenvalue weighted by molar-refractivity contribution is -0.182. The van der Waals surface area contributed by atoms with E-state index in [9.17, 15) is 19.6 Å². The number of rotatable bonds is 21. The summed E-state index contributed by atoms with van der Waals surface area (Å²) in [7, 11) is 1.17. The molecule has 0 spiro atoms. The van der Waals surface area contributed by atoms with Crippen LogP contribution < -0.4 is 26.0 Å². The molecule has 9 rings (SSSR count). The molecule has 2 aliphatic heterocycles. The number of likely N-dealkylation sites (tertiary alicyclic amines) is 1. The van der Waals surface area contributed by atoms with Gasteiger partial charge in [-0.05, 0) is 97.8 Å². The second kappa shape index (κ2) is 23.0. The van der Waals surface area contributed by atoms with Gasteiger partial charge in [-0.2, -0.15) is 5.26 Å². The third kappa shape index (κ3) is 10.4. The number of aryl methyl sites for hydroxylation is 1. The molecule has 6 aromatic rings. The minimum Gasteiger partial charge on any atom is -0.497 e. The molecule has 18 heteroatoms. The van der Waals surface area contributed by atoms with E-state index in [2.05, 4.69) is 33.2 Å². The third-order valence-electron chi connectivity index (χ3n) is 14.3. The number of hydrogen-bond donors (Lipinski definition) is 2. The number of carbonyl (C=O) groups is 2. The highest BCUT2D eigenvalue weighted by Gasteiger charge is 2.68. The van der Waals surface area contributed by atoms with Crippen LogP contribution in [0.3, 0.4) is 0 Å². The molecule has 2 N–H and O–H groups in total. The highest BCUT2D eigenvalue weighted by Crippen LogP contribution is 2.57. The van der Waals surface area contributed by atoms with Crippen LogP contribution in [0.2, 0.25) is 0 Å². The number of alkyl carbamates (subject to hydrolysis) is 1. The summed E-state index contributed by atoms with van der Waals surface area (Å²) in [5.74, 6) is 0.508. The molecule has 396 valence electrons. The van der Waals surface area contributed by atoms with Crippen LogP contribution >= 0.6 is 8.53 Å². The quantitative estimate of drug-likeness (QED) is 0.0396. The van der Waals surface area contributed by atoms with Crippen LogP contribution in [0.4, 0.5) is 4.79 Å². The first-order chi connectivity index (χ1) is 36.7. The highest BCUT2D eigenvalue weighted by atomic mass is 31.2. The van der Waals surface area contributed by atoms with Gasteiger partial charge in [-0.25, -0.2) is 14.3 Å². The molecule has 1 aromatic heterocycles. The monoisotopic (exact) mass is 1050 g/mol. The number of nitriles is 1. The van der Waals surface area contributed by atoms with Crippen molar-refractivity contribution in [2.45, 2.75) is 88.6 Å². The van der Waals surface area contributed by atoms with Gasteiger partial charge < -0.3 is 42.9 Å². The zero-order valence-corrected chi connectivity index (χ0v) is 44.5. The Morgan fingerprint density at radius 1 is 0.842 bits per heavy atom. The number of morpholine rings is 1. The molecule has 2 fully saturated rings. The van der Waals surface area contributed by atoms with E-state index in [1.54, 1.807) is 26.0 Å². The largest absolute Gasteiger partial charge is 0.497 e. The summed E-state index contributed by atoms with van der Waals surface area (Å²) in [4.78, 5) is 59.7. The molecular weight excluding hydrogens is 988 g/mol. The van der Waals surface area contributed by atoms with E-state index in [1.165, 1.54) is 10.8 Å². The molecule has 3 aliphatic rings. The fourth-order valence-electron chi connectivity index (χ4n) is 10.8. The number of benzene rings is 5. The first kappa shape index (κ1) is 53.7. The van der Waals surface area contributed by atoms with Gasteiger partial charge in [0.1, 0.15) is 48.0 Å². The summed E-state index contributed by atoms with van der Waals surface area (Å²) in [6.07, 6.45) is -1.67. The number of aromatic nitrogens is 2. The molecule has 1 unspecified atom stereocenters. The van der Waals surface area contributed by atoms with Crippen LogP contribution in [0.1, 0.15) is 79.6 Å². The number of fused-ring (bicyclic) bond motifs is 5. The van der Waals surface area contributed by atoms with Crippen LogP contribution in [0.5, 0.6) is 11.5 Å². The second-order valence-corrected chi connectivity index (χ2v) is 21.0. The van der Waals surface area contributed by atoms with Crippen molar-refractivity contribution >= 4 is 20.5 Å². The third-order valence-corrected chi connectivity index (χ3v) is 16.4. The maximum absolute atomic E-state index is 15.1. The average Bonchev–Trinajstić information content (AvgIpc) is 4.04. The van der Waals surface area contributed by atoms with Crippen molar-refractivity contribution in [2.75, 3.05) is 47.1 Å². The Morgan fingerprint density at radius 3 is 1.97 bits per heavy atom. The molecule has 5 aromatic carbocycles. The summed E-state index contributed by atoms with van der Waals surface area (Å²) < 4.78 is 49.0. The van der Waals surface area contributed by atoms with E-state index in [0.29, 0.717) is 11.5 Å². The summed E-state index contributed by atoms with van der Waals surface area (Å²) in [6, 6.07) is 41.7. The zero-order valence-electron chi connectivity index (χ0n) is 43.6. The molecule has 2 saturated heterocycles. The molecule has 0 radical (unpaired) electrons. The summed E-state index contributed by atoms with van der Waals surface area (Å²) in [6.45, 7) is 8.80. The lowest BCUT2D eigenvalue weighted by Crippen LogP contribution is -2.54. The Labute approximate surface area is 443 Å². The van der Waals surface area contributed by atoms with Crippen molar-refractivity contribution in [2.24, 2.45) is 0 Å². The molecule has 2 amide bonds. The zero-order chi connectivity index (χ0) is 53.7. The molecule has 17 nitrogen and oxygen atoms in total. The van der Waals surface area contributed by atoms with Gasteiger partial charge in [0, 0.05) is 29.8 Å². The topological polar surface area (TPSA) is 196 Å². The second-order valence-electron chi connectivity index (χ2n) is 19.6. The molecule has 1 aliphatic carbocycles.